The van der Waals surface area contributed by atoms with Crippen LogP contribution >= 0.6 is 0 Å². The Balaban J connectivity index is 0.00000420. The number of hydrazine groups is 1. The molecule has 6 heteroatoms. The van der Waals surface area contributed by atoms with Gasteiger partial charge >= 0.3 is 0 Å². The predicted octanol–water partition coefficient (Wildman–Crippen LogP) is 3.49. The fourth-order valence-electron chi connectivity index (χ4n) is 2.88. The molecule has 0 fully saturated rings. The second kappa shape index (κ2) is 11.6. The van der Waals surface area contributed by atoms with E-state index in [1.165, 1.54) is 5.01 Å². The van der Waals surface area contributed by atoms with Gasteiger partial charge in [0.15, 0.2) is 0 Å². The molecule has 2 aromatic carbocycles. The van der Waals surface area contributed by atoms with Crippen molar-refractivity contribution in [3.63, 3.8) is 0 Å². The summed E-state index contributed by atoms with van der Waals surface area (Å²) in [5, 5.41) is 12.0. The minimum Gasteiger partial charge on any atom is -0.546 e. The van der Waals surface area contributed by atoms with Crippen LogP contribution in [0.4, 0.5) is 5.69 Å². The van der Waals surface area contributed by atoms with Gasteiger partial charge in [0.25, 0.3) is 5.91 Å². The molecule has 1 radical (unpaired) electrons. The van der Waals surface area contributed by atoms with E-state index in [4.69, 9.17) is 0 Å². The van der Waals surface area contributed by atoms with Crippen molar-refractivity contribution in [2.24, 2.45) is 0 Å². The van der Waals surface area contributed by atoms with Gasteiger partial charge in [0, 0.05) is 38.3 Å². The number of rotatable bonds is 6. The zero-order chi connectivity index (χ0) is 20.7. The third-order valence-electron chi connectivity index (χ3n) is 4.42. The maximum Gasteiger partial charge on any atom is 0.272 e. The van der Waals surface area contributed by atoms with E-state index in [0.29, 0.717) is 11.3 Å². The molecule has 0 spiro atoms. The minimum absolute atomic E-state index is 0. The summed E-state index contributed by atoms with van der Waals surface area (Å²) in [5.74, 6) is 5.49. The monoisotopic (exact) mass is 468 g/mol. The Hall–Kier alpha value is -1.55. The minimum atomic E-state index is -1.03. The van der Waals surface area contributed by atoms with E-state index in [-0.39, 0.29) is 51.8 Å². The number of carbonyl (C=O) groups is 1. The van der Waals surface area contributed by atoms with Crippen LogP contribution in [0.1, 0.15) is 40.9 Å². The van der Waals surface area contributed by atoms with E-state index in [9.17, 15) is 9.90 Å². The van der Waals surface area contributed by atoms with Gasteiger partial charge in [0.2, 0.25) is 0 Å². The number of hydrogen-bond acceptors (Lipinski definition) is 4. The molecule has 1 amide bonds. The first-order valence-corrected chi connectivity index (χ1v) is 9.05. The van der Waals surface area contributed by atoms with E-state index >= 15 is 0 Å². The summed E-state index contributed by atoms with van der Waals surface area (Å²) in [6, 6.07) is 12.8. The van der Waals surface area contributed by atoms with Gasteiger partial charge in [-0.1, -0.05) is 30.0 Å². The number of nitrogens with zero attached hydrogens (tertiary/aromatic N) is 1. The second-order valence-corrected chi connectivity index (χ2v) is 7.04. The van der Waals surface area contributed by atoms with Crippen molar-refractivity contribution in [1.29, 1.82) is 0 Å². The van der Waals surface area contributed by atoms with Crippen molar-refractivity contribution in [1.82, 2.24) is 5.43 Å². The van der Waals surface area contributed by atoms with Crippen molar-refractivity contribution in [2.45, 2.75) is 33.3 Å². The molecule has 2 aromatic rings. The summed E-state index contributed by atoms with van der Waals surface area (Å²) >= 11 is 0. The Bertz CT molecular complexity index is 881. The molecule has 0 heterocycles. The van der Waals surface area contributed by atoms with E-state index in [2.05, 4.69) is 29.1 Å². The van der Waals surface area contributed by atoms with Gasteiger partial charge < -0.3 is 9.84 Å². The van der Waals surface area contributed by atoms with Crippen LogP contribution < -0.4 is 10.4 Å². The number of amides is 1. The molecule has 0 bridgehead atoms. The molecule has 2 rings (SSSR count). The molecule has 5 nitrogen and oxygen atoms in total. The molecule has 0 aliphatic rings. The number of carbonyl (C=O) groups excluding carboxylic acids is 1. The average Bonchev–Trinajstić information content (AvgIpc) is 2.66. The quantitative estimate of drug-likeness (QED) is 0.387. The van der Waals surface area contributed by atoms with Crippen molar-refractivity contribution in [3.05, 3.63) is 71.8 Å². The molecular weight excluding hydrogens is 441 g/mol. The first kappa shape index (κ1) is 25.5. The molecule has 2 N–H and O–H groups in total. The zero-order valence-corrected chi connectivity index (χ0v) is 20.3. The molecule has 0 aliphatic heterocycles. The van der Waals surface area contributed by atoms with Crippen LogP contribution in [-0.2, 0) is 43.0 Å². The van der Waals surface area contributed by atoms with E-state index in [1.54, 1.807) is 26.0 Å². The largest absolute Gasteiger partial charge is 0.546 e. The van der Waals surface area contributed by atoms with Gasteiger partial charge in [-0.05, 0) is 68.7 Å². The van der Waals surface area contributed by atoms with Gasteiger partial charge in [0.1, 0.15) is 0 Å². The number of hydrogen-bond donors (Lipinski definition) is 2. The molecule has 0 aliphatic carbocycles. The smallest absolute Gasteiger partial charge is 0.272 e. The van der Waals surface area contributed by atoms with E-state index in [1.807, 2.05) is 44.2 Å². The van der Waals surface area contributed by atoms with Crippen LogP contribution in [0.25, 0.3) is 0 Å². The molecule has 0 aromatic heterocycles. The molecule has 151 valence electrons. The summed E-state index contributed by atoms with van der Waals surface area (Å²) in [5.41, 5.74) is 5.98. The number of anilines is 1. The first-order chi connectivity index (χ1) is 13.3. The average molecular weight is 468 g/mol. The first-order valence-electron chi connectivity index (χ1n) is 9.05. The van der Waals surface area contributed by atoms with Gasteiger partial charge in [-0.2, -0.15) is 0 Å². The Morgan fingerprint density at radius 1 is 1.21 bits per heavy atom. The Morgan fingerprint density at radius 2 is 1.86 bits per heavy atom. The van der Waals surface area contributed by atoms with Crippen molar-refractivity contribution in [3.8, 4) is 11.8 Å². The third kappa shape index (κ3) is 7.02. The number of aryl methyl sites for hydroxylation is 1. The van der Waals surface area contributed by atoms with Gasteiger partial charge in [-0.15, -0.1) is 0 Å². The normalized spacial score (nSPS) is 10.6. The zero-order valence-electron chi connectivity index (χ0n) is 17.5. The topological polar surface area (TPSA) is 61.8 Å². The maximum absolute atomic E-state index is 13.1. The van der Waals surface area contributed by atoms with Crippen molar-refractivity contribution >= 4 is 11.6 Å². The SMILES string of the molecule is [CH2-]OCC#CCNN(C(=O)c1ccccc1)c1cc(C)c(C)c(C(C)(C)O)c1.[Y]. The summed E-state index contributed by atoms with van der Waals surface area (Å²) in [7, 11) is 3.27. The molecule has 0 unspecified atom stereocenters. The van der Waals surface area contributed by atoms with Crippen molar-refractivity contribution < 1.29 is 47.3 Å². The standard InChI is InChI=1S/C23H27N2O3.Y/c1-17-15-20(16-21(18(17)2)23(3,4)27)25(24-13-9-10-14-28-5)22(26)19-11-7-6-8-12-19;/h6-8,11-12,15-16,24,27H,5,13-14H2,1-4H3;/q-1;. The van der Waals surface area contributed by atoms with Crippen molar-refractivity contribution in [2.75, 3.05) is 18.2 Å². The van der Waals surface area contributed by atoms with Crippen LogP contribution in [0.15, 0.2) is 42.5 Å². The number of aliphatic hydroxyl groups is 1. The summed E-state index contributed by atoms with van der Waals surface area (Å²) in [6.07, 6.45) is 0. The molecule has 0 saturated carbocycles. The van der Waals surface area contributed by atoms with E-state index in [0.717, 1.165) is 16.7 Å². The molecular formula is C23H27N2O3Y-. The number of nitrogens with one attached hydrogen (secondary N) is 1. The van der Waals surface area contributed by atoms with Gasteiger partial charge in [-0.25, -0.2) is 17.5 Å². The molecule has 29 heavy (non-hydrogen) atoms. The van der Waals surface area contributed by atoms with Crippen LogP contribution in [-0.4, -0.2) is 24.2 Å². The van der Waals surface area contributed by atoms with Crippen LogP contribution in [0.3, 0.4) is 0 Å². The number of benzene rings is 2. The van der Waals surface area contributed by atoms with Crippen LogP contribution in [0, 0.1) is 32.8 Å². The Morgan fingerprint density at radius 3 is 2.45 bits per heavy atom. The second-order valence-electron chi connectivity index (χ2n) is 7.04. The fourth-order valence-corrected chi connectivity index (χ4v) is 2.88. The maximum atomic E-state index is 13.1. The summed E-state index contributed by atoms with van der Waals surface area (Å²) < 4.78 is 4.67. The summed E-state index contributed by atoms with van der Waals surface area (Å²) in [4.78, 5) is 13.1. The van der Waals surface area contributed by atoms with Crippen LogP contribution in [0.2, 0.25) is 0 Å². The van der Waals surface area contributed by atoms with E-state index < -0.39 is 5.60 Å². The Kier molecular flexibility index (Phi) is 10.2. The fraction of sp³-hybridized carbons (Fsp3) is 0.304. The Labute approximate surface area is 198 Å². The molecule has 0 atom stereocenters. The van der Waals surface area contributed by atoms with Crippen LogP contribution in [0.5, 0.6) is 0 Å². The van der Waals surface area contributed by atoms with Gasteiger partial charge in [-0.3, -0.25) is 4.79 Å². The third-order valence-corrected chi connectivity index (χ3v) is 4.42. The summed E-state index contributed by atoms with van der Waals surface area (Å²) in [6.45, 7) is 7.88. The van der Waals surface area contributed by atoms with Gasteiger partial charge in [0.05, 0.1) is 24.4 Å². The number of ether oxygens (including phenoxy) is 1. The molecule has 0 saturated heterocycles. The predicted molar refractivity (Wildman–Crippen MR) is 112 cm³/mol.